The molecule has 1 aliphatic rings. The smallest absolute Gasteiger partial charge is 0.156 e. The van der Waals surface area contributed by atoms with Crippen LogP contribution in [0.15, 0.2) is 54.7 Å². The molecule has 0 N–H and O–H groups in total. The number of allylic oxidation sites excluding steroid dienone is 1. The molecule has 0 radical (unpaired) electrons. The van der Waals surface area contributed by atoms with Crippen molar-refractivity contribution in [3.63, 3.8) is 0 Å². The summed E-state index contributed by atoms with van der Waals surface area (Å²) < 4.78 is 13.0. The first-order valence-corrected chi connectivity index (χ1v) is 7.45. The van der Waals surface area contributed by atoms with Crippen molar-refractivity contribution in [3.8, 4) is 0 Å². The van der Waals surface area contributed by atoms with Gasteiger partial charge in [0.2, 0.25) is 0 Å². The van der Waals surface area contributed by atoms with E-state index in [4.69, 9.17) is 11.6 Å². The van der Waals surface area contributed by atoms with E-state index in [0.29, 0.717) is 24.5 Å². The maximum atomic E-state index is 13.0. The molecule has 2 aromatic carbocycles. The van der Waals surface area contributed by atoms with Gasteiger partial charge in [0.15, 0.2) is 5.78 Å². The number of benzene rings is 2. The van der Waals surface area contributed by atoms with Crippen molar-refractivity contribution in [1.29, 1.82) is 0 Å². The molecule has 0 fully saturated rings. The van der Waals surface area contributed by atoms with E-state index in [0.717, 1.165) is 16.7 Å². The number of carbonyl (C=O) groups is 1. The van der Waals surface area contributed by atoms with Crippen LogP contribution in [0.2, 0.25) is 5.02 Å². The van der Waals surface area contributed by atoms with Gasteiger partial charge in [0.1, 0.15) is 5.82 Å². The Morgan fingerprint density at radius 3 is 2.64 bits per heavy atom. The molecule has 1 heterocycles. The summed E-state index contributed by atoms with van der Waals surface area (Å²) >= 11 is 5.99. The lowest BCUT2D eigenvalue weighted by atomic mass is 9.98. The van der Waals surface area contributed by atoms with Crippen molar-refractivity contribution in [2.45, 2.75) is 13.0 Å². The quantitative estimate of drug-likeness (QED) is 0.842. The van der Waals surface area contributed by atoms with Crippen molar-refractivity contribution in [2.75, 3.05) is 6.54 Å². The molecule has 1 aliphatic heterocycles. The van der Waals surface area contributed by atoms with Crippen LogP contribution in [0.4, 0.5) is 4.39 Å². The molecule has 0 spiro atoms. The zero-order chi connectivity index (χ0) is 15.5. The Morgan fingerprint density at radius 1 is 1.14 bits per heavy atom. The van der Waals surface area contributed by atoms with E-state index >= 15 is 0 Å². The Kier molecular flexibility index (Phi) is 4.25. The highest BCUT2D eigenvalue weighted by atomic mass is 35.5. The number of hydrogen-bond acceptors (Lipinski definition) is 2. The van der Waals surface area contributed by atoms with Crippen LogP contribution in [0.25, 0.3) is 5.57 Å². The summed E-state index contributed by atoms with van der Waals surface area (Å²) in [5.41, 5.74) is 2.85. The molecule has 2 aromatic rings. The molecule has 0 aliphatic carbocycles. The van der Waals surface area contributed by atoms with Crippen LogP contribution in [0, 0.1) is 5.82 Å². The van der Waals surface area contributed by atoms with Gasteiger partial charge in [-0.3, -0.25) is 4.79 Å². The number of Topliss-reactive ketones (excluding diaryl/α,β-unsaturated/α-hetero) is 1. The zero-order valence-corrected chi connectivity index (χ0v) is 12.7. The molecule has 3 rings (SSSR count). The zero-order valence-electron chi connectivity index (χ0n) is 11.9. The normalized spacial score (nSPS) is 14.9. The van der Waals surface area contributed by atoms with Crippen molar-refractivity contribution in [1.82, 2.24) is 4.90 Å². The second kappa shape index (κ2) is 6.32. The maximum absolute atomic E-state index is 13.0. The van der Waals surface area contributed by atoms with Crippen molar-refractivity contribution >= 4 is 23.0 Å². The number of hydrogen-bond donors (Lipinski definition) is 0. The molecule has 4 heteroatoms. The first-order valence-electron chi connectivity index (χ1n) is 7.07. The molecule has 0 aromatic heterocycles. The third-order valence-corrected chi connectivity index (χ3v) is 3.83. The molecule has 112 valence electrons. The predicted molar refractivity (Wildman–Crippen MR) is 85.9 cm³/mol. The molecular formula is C18H15ClFNO. The lowest BCUT2D eigenvalue weighted by Gasteiger charge is -2.26. The first-order chi connectivity index (χ1) is 10.6. The van der Waals surface area contributed by atoms with Gasteiger partial charge in [-0.15, -0.1) is 0 Å². The Balaban J connectivity index is 1.83. The average Bonchev–Trinajstić information content (AvgIpc) is 2.47. The van der Waals surface area contributed by atoms with Crippen LogP contribution in [-0.2, 0) is 11.3 Å². The molecule has 0 bridgehead atoms. The number of halogens is 2. The van der Waals surface area contributed by atoms with E-state index in [1.165, 1.54) is 12.1 Å². The third-order valence-electron chi connectivity index (χ3n) is 3.60. The van der Waals surface area contributed by atoms with Crippen molar-refractivity contribution in [2.24, 2.45) is 0 Å². The lowest BCUT2D eigenvalue weighted by molar-refractivity contribution is -0.119. The van der Waals surface area contributed by atoms with Gasteiger partial charge in [-0.25, -0.2) is 4.39 Å². The molecule has 0 amide bonds. The maximum Gasteiger partial charge on any atom is 0.156 e. The van der Waals surface area contributed by atoms with Crippen LogP contribution in [0.5, 0.6) is 0 Å². The average molecular weight is 316 g/mol. The molecule has 22 heavy (non-hydrogen) atoms. The minimum atomic E-state index is -0.276. The van der Waals surface area contributed by atoms with Gasteiger partial charge in [0, 0.05) is 24.2 Å². The monoisotopic (exact) mass is 315 g/mol. The van der Waals surface area contributed by atoms with Crippen molar-refractivity contribution in [3.05, 3.63) is 76.7 Å². The minimum absolute atomic E-state index is 0.156. The number of carbonyl (C=O) groups excluding carboxylic acids is 1. The summed E-state index contributed by atoms with van der Waals surface area (Å²) in [7, 11) is 0. The summed E-state index contributed by atoms with van der Waals surface area (Å²) in [5, 5.41) is 0.684. The molecular weight excluding hydrogens is 301 g/mol. The summed E-state index contributed by atoms with van der Waals surface area (Å²) in [4.78, 5) is 14.0. The van der Waals surface area contributed by atoms with E-state index in [-0.39, 0.29) is 11.6 Å². The van der Waals surface area contributed by atoms with Crippen LogP contribution in [0.1, 0.15) is 17.5 Å². The fraction of sp³-hybridized carbons (Fsp3) is 0.167. The summed E-state index contributed by atoms with van der Waals surface area (Å²) in [6.45, 7) is 1.01. The van der Waals surface area contributed by atoms with Crippen molar-refractivity contribution < 1.29 is 9.18 Å². The van der Waals surface area contributed by atoms with Crippen LogP contribution in [0.3, 0.4) is 0 Å². The fourth-order valence-corrected chi connectivity index (χ4v) is 2.83. The Labute approximate surface area is 133 Å². The van der Waals surface area contributed by atoms with E-state index in [2.05, 4.69) is 0 Å². The highest BCUT2D eigenvalue weighted by Crippen LogP contribution is 2.25. The molecule has 0 saturated heterocycles. The topological polar surface area (TPSA) is 20.3 Å². The highest BCUT2D eigenvalue weighted by molar-refractivity contribution is 6.30. The first kappa shape index (κ1) is 14.8. The highest BCUT2D eigenvalue weighted by Gasteiger charge is 2.18. The number of rotatable bonds is 3. The van der Waals surface area contributed by atoms with Gasteiger partial charge < -0.3 is 4.90 Å². The largest absolute Gasteiger partial charge is 0.366 e. The van der Waals surface area contributed by atoms with Gasteiger partial charge in [-0.05, 0) is 41.0 Å². The van der Waals surface area contributed by atoms with Gasteiger partial charge in [0.05, 0.1) is 6.54 Å². The van der Waals surface area contributed by atoms with Crippen LogP contribution < -0.4 is 0 Å². The standard InChI is InChI=1S/C18H15ClFNO/c19-16-3-1-2-13(8-16)10-21-11-15(9-18(22)12-21)14-4-6-17(20)7-5-14/h1-8,11H,9-10,12H2. The Bertz CT molecular complexity index is 724. The van der Waals surface area contributed by atoms with E-state index in [9.17, 15) is 9.18 Å². The van der Waals surface area contributed by atoms with E-state index in [1.807, 2.05) is 35.4 Å². The SMILES string of the molecule is O=C1CC(c2ccc(F)cc2)=CN(Cc2cccc(Cl)c2)C1. The van der Waals surface area contributed by atoms with Gasteiger partial charge in [0.25, 0.3) is 0 Å². The van der Waals surface area contributed by atoms with Crippen LogP contribution in [-0.4, -0.2) is 17.2 Å². The summed E-state index contributed by atoms with van der Waals surface area (Å²) in [6, 6.07) is 13.8. The number of ketones is 1. The lowest BCUT2D eigenvalue weighted by Crippen LogP contribution is -2.29. The molecule has 0 saturated carbocycles. The second-order valence-corrected chi connectivity index (χ2v) is 5.85. The summed E-state index contributed by atoms with van der Waals surface area (Å²) in [5.74, 6) is -0.119. The Morgan fingerprint density at radius 2 is 1.91 bits per heavy atom. The summed E-state index contributed by atoms with van der Waals surface area (Å²) in [6.07, 6.45) is 2.37. The second-order valence-electron chi connectivity index (χ2n) is 5.41. The van der Waals surface area contributed by atoms with E-state index < -0.39 is 0 Å². The molecule has 0 unspecified atom stereocenters. The number of nitrogens with zero attached hydrogens (tertiary/aromatic N) is 1. The predicted octanol–water partition coefficient (Wildman–Crippen LogP) is 4.30. The fourth-order valence-electron chi connectivity index (χ4n) is 2.62. The van der Waals surface area contributed by atoms with E-state index in [1.54, 1.807) is 12.1 Å². The Hall–Kier alpha value is -2.13. The van der Waals surface area contributed by atoms with Gasteiger partial charge in [-0.1, -0.05) is 35.9 Å². The molecule has 2 nitrogen and oxygen atoms in total. The van der Waals surface area contributed by atoms with Crippen LogP contribution >= 0.6 is 11.6 Å². The molecule has 0 atom stereocenters. The van der Waals surface area contributed by atoms with Gasteiger partial charge in [-0.2, -0.15) is 0 Å². The van der Waals surface area contributed by atoms with Gasteiger partial charge >= 0.3 is 0 Å². The minimum Gasteiger partial charge on any atom is -0.366 e. The third kappa shape index (κ3) is 3.55.